The highest BCUT2D eigenvalue weighted by molar-refractivity contribution is 4.75. The number of nitrogens with two attached hydrogens (primary N) is 1. The number of rotatable bonds is 4. The van der Waals surface area contributed by atoms with Gasteiger partial charge < -0.3 is 5.73 Å². The molecule has 1 heteroatoms. The predicted molar refractivity (Wildman–Crippen MR) is 58.6 cm³/mol. The summed E-state index contributed by atoms with van der Waals surface area (Å²) in [6.45, 7) is 5.53. The van der Waals surface area contributed by atoms with Gasteiger partial charge in [-0.25, -0.2) is 0 Å². The van der Waals surface area contributed by atoms with E-state index in [1.807, 2.05) is 0 Å². The molecule has 1 nitrogen and oxygen atoms in total. The first-order valence-electron chi connectivity index (χ1n) is 5.94. The highest BCUT2D eigenvalue weighted by atomic mass is 14.6. The molecular weight excluding hydrogens is 158 g/mol. The van der Waals surface area contributed by atoms with E-state index in [2.05, 4.69) is 13.8 Å². The van der Waals surface area contributed by atoms with Gasteiger partial charge >= 0.3 is 0 Å². The average Bonchev–Trinajstić information content (AvgIpc) is 2.15. The predicted octanol–water partition coefficient (Wildman–Crippen LogP) is 3.19. The fraction of sp³-hybridized carbons (Fsp3) is 1.00. The van der Waals surface area contributed by atoms with Crippen molar-refractivity contribution in [2.75, 3.05) is 6.54 Å². The van der Waals surface area contributed by atoms with Crippen LogP contribution in [0.2, 0.25) is 0 Å². The van der Waals surface area contributed by atoms with Crippen molar-refractivity contribution in [3.8, 4) is 0 Å². The summed E-state index contributed by atoms with van der Waals surface area (Å²) in [5, 5.41) is 0. The topological polar surface area (TPSA) is 26.0 Å². The Morgan fingerprint density at radius 1 is 1.15 bits per heavy atom. The molecule has 0 aromatic rings. The summed E-state index contributed by atoms with van der Waals surface area (Å²) in [4.78, 5) is 0. The molecule has 1 saturated carbocycles. The van der Waals surface area contributed by atoms with E-state index in [0.717, 1.165) is 24.3 Å². The fourth-order valence-corrected chi connectivity index (χ4v) is 2.69. The first-order chi connectivity index (χ1) is 6.24. The SMILES string of the molecule is CC(C)CC(CN)C1CCCCC1. The van der Waals surface area contributed by atoms with Gasteiger partial charge in [-0.05, 0) is 30.7 Å². The number of hydrogen-bond donors (Lipinski definition) is 1. The highest BCUT2D eigenvalue weighted by Gasteiger charge is 2.22. The van der Waals surface area contributed by atoms with Crippen molar-refractivity contribution in [2.24, 2.45) is 23.5 Å². The standard InChI is InChI=1S/C12H25N/c1-10(2)8-12(9-13)11-6-4-3-5-7-11/h10-12H,3-9,13H2,1-2H3. The van der Waals surface area contributed by atoms with Gasteiger partial charge in [0.25, 0.3) is 0 Å². The van der Waals surface area contributed by atoms with Crippen LogP contribution in [0.5, 0.6) is 0 Å². The molecule has 1 aliphatic carbocycles. The van der Waals surface area contributed by atoms with E-state index < -0.39 is 0 Å². The van der Waals surface area contributed by atoms with Crippen LogP contribution in [0, 0.1) is 17.8 Å². The summed E-state index contributed by atoms with van der Waals surface area (Å²) < 4.78 is 0. The smallest absolute Gasteiger partial charge is 0.00461 e. The van der Waals surface area contributed by atoms with Gasteiger partial charge in [-0.3, -0.25) is 0 Å². The zero-order valence-corrected chi connectivity index (χ0v) is 9.26. The molecule has 2 N–H and O–H groups in total. The van der Waals surface area contributed by atoms with Crippen molar-refractivity contribution in [1.82, 2.24) is 0 Å². The largest absolute Gasteiger partial charge is 0.330 e. The minimum absolute atomic E-state index is 0.806. The molecule has 1 atom stereocenters. The van der Waals surface area contributed by atoms with Gasteiger partial charge in [-0.2, -0.15) is 0 Å². The van der Waals surface area contributed by atoms with Crippen LogP contribution in [-0.4, -0.2) is 6.54 Å². The Morgan fingerprint density at radius 3 is 2.23 bits per heavy atom. The van der Waals surface area contributed by atoms with E-state index in [9.17, 15) is 0 Å². The quantitative estimate of drug-likeness (QED) is 0.711. The van der Waals surface area contributed by atoms with Crippen molar-refractivity contribution in [2.45, 2.75) is 52.4 Å². The fourth-order valence-electron chi connectivity index (χ4n) is 2.69. The van der Waals surface area contributed by atoms with E-state index in [0.29, 0.717) is 0 Å². The molecule has 13 heavy (non-hydrogen) atoms. The molecule has 1 unspecified atom stereocenters. The lowest BCUT2D eigenvalue weighted by Crippen LogP contribution is -2.26. The molecule has 0 bridgehead atoms. The Labute approximate surface area is 83.1 Å². The van der Waals surface area contributed by atoms with Crippen LogP contribution in [-0.2, 0) is 0 Å². The van der Waals surface area contributed by atoms with E-state index in [1.165, 1.54) is 38.5 Å². The van der Waals surface area contributed by atoms with E-state index in [-0.39, 0.29) is 0 Å². The summed E-state index contributed by atoms with van der Waals surface area (Å²) in [5.41, 5.74) is 5.85. The summed E-state index contributed by atoms with van der Waals surface area (Å²) in [5.74, 6) is 2.57. The second-order valence-corrected chi connectivity index (χ2v) is 5.02. The van der Waals surface area contributed by atoms with Crippen LogP contribution >= 0.6 is 0 Å². The maximum absolute atomic E-state index is 5.85. The van der Waals surface area contributed by atoms with Crippen molar-refractivity contribution in [1.29, 1.82) is 0 Å². The highest BCUT2D eigenvalue weighted by Crippen LogP contribution is 2.32. The van der Waals surface area contributed by atoms with Gasteiger partial charge in [0.05, 0.1) is 0 Å². The molecule has 1 rings (SSSR count). The van der Waals surface area contributed by atoms with Crippen LogP contribution in [0.25, 0.3) is 0 Å². The second-order valence-electron chi connectivity index (χ2n) is 5.02. The third-order valence-corrected chi connectivity index (χ3v) is 3.39. The third-order valence-electron chi connectivity index (χ3n) is 3.39. The van der Waals surface area contributed by atoms with Crippen LogP contribution in [0.3, 0.4) is 0 Å². The van der Waals surface area contributed by atoms with Gasteiger partial charge in [0.1, 0.15) is 0 Å². The molecule has 0 amide bonds. The Morgan fingerprint density at radius 2 is 1.77 bits per heavy atom. The number of hydrogen-bond acceptors (Lipinski definition) is 1. The van der Waals surface area contributed by atoms with Gasteiger partial charge in [-0.15, -0.1) is 0 Å². The molecule has 0 aliphatic heterocycles. The summed E-state index contributed by atoms with van der Waals surface area (Å²) in [6, 6.07) is 0. The Bertz CT molecular complexity index is 125. The van der Waals surface area contributed by atoms with Crippen molar-refractivity contribution in [3.05, 3.63) is 0 Å². The lowest BCUT2D eigenvalue weighted by atomic mass is 9.77. The van der Waals surface area contributed by atoms with Gasteiger partial charge in [-0.1, -0.05) is 46.0 Å². The van der Waals surface area contributed by atoms with Crippen LogP contribution in [0.1, 0.15) is 52.4 Å². The molecule has 0 saturated heterocycles. The molecule has 78 valence electrons. The zero-order valence-electron chi connectivity index (χ0n) is 9.26. The van der Waals surface area contributed by atoms with Gasteiger partial charge in [0, 0.05) is 0 Å². The Kier molecular flexibility index (Phi) is 4.79. The van der Waals surface area contributed by atoms with Crippen LogP contribution in [0.4, 0.5) is 0 Å². The van der Waals surface area contributed by atoms with E-state index in [4.69, 9.17) is 5.73 Å². The van der Waals surface area contributed by atoms with E-state index in [1.54, 1.807) is 0 Å². The first-order valence-corrected chi connectivity index (χ1v) is 5.94. The molecule has 0 radical (unpaired) electrons. The normalized spacial score (nSPS) is 22.2. The van der Waals surface area contributed by atoms with Crippen LogP contribution in [0.15, 0.2) is 0 Å². The second kappa shape index (κ2) is 5.64. The molecule has 1 aliphatic rings. The van der Waals surface area contributed by atoms with Gasteiger partial charge in [0.15, 0.2) is 0 Å². The van der Waals surface area contributed by atoms with Crippen molar-refractivity contribution in [3.63, 3.8) is 0 Å². The van der Waals surface area contributed by atoms with E-state index >= 15 is 0 Å². The molecule has 1 fully saturated rings. The lowest BCUT2D eigenvalue weighted by Gasteiger charge is -2.30. The van der Waals surface area contributed by atoms with Crippen LogP contribution < -0.4 is 5.73 Å². The zero-order chi connectivity index (χ0) is 9.68. The van der Waals surface area contributed by atoms with Crippen molar-refractivity contribution >= 4 is 0 Å². The summed E-state index contributed by atoms with van der Waals surface area (Å²) in [7, 11) is 0. The summed E-state index contributed by atoms with van der Waals surface area (Å²) in [6.07, 6.45) is 8.55. The minimum Gasteiger partial charge on any atom is -0.330 e. The Balaban J connectivity index is 2.34. The molecular formula is C12H25N. The molecule has 0 aromatic carbocycles. The van der Waals surface area contributed by atoms with Gasteiger partial charge in [0.2, 0.25) is 0 Å². The first kappa shape index (κ1) is 11.0. The average molecular weight is 183 g/mol. The lowest BCUT2D eigenvalue weighted by molar-refractivity contribution is 0.223. The molecule has 0 aromatic heterocycles. The van der Waals surface area contributed by atoms with Crippen molar-refractivity contribution < 1.29 is 0 Å². The third kappa shape index (κ3) is 3.68. The maximum atomic E-state index is 5.85. The molecule has 0 spiro atoms. The minimum atomic E-state index is 0.806. The Hall–Kier alpha value is -0.0400. The molecule has 0 heterocycles. The monoisotopic (exact) mass is 183 g/mol. The summed E-state index contributed by atoms with van der Waals surface area (Å²) >= 11 is 0. The maximum Gasteiger partial charge on any atom is -0.00461 e.